The van der Waals surface area contributed by atoms with E-state index in [0.29, 0.717) is 5.11 Å². The lowest BCUT2D eigenvalue weighted by Crippen LogP contribution is -2.23. The molecule has 0 aliphatic carbocycles. The molecule has 0 bridgehead atoms. The lowest BCUT2D eigenvalue weighted by Gasteiger charge is -2.07. The number of ether oxygens (including phenoxy) is 1. The molecule has 2 aromatic carbocycles. The third-order valence-electron chi connectivity index (χ3n) is 2.80. The minimum absolute atomic E-state index is 0.448. The number of methoxy groups -OCH3 is 1. The van der Waals surface area contributed by atoms with Crippen LogP contribution in [-0.4, -0.2) is 18.4 Å². The molecule has 0 heterocycles. The molecule has 0 saturated heterocycles. The van der Waals surface area contributed by atoms with Gasteiger partial charge in [0.2, 0.25) is 0 Å². The van der Waals surface area contributed by atoms with Gasteiger partial charge in [0, 0.05) is 5.69 Å². The van der Waals surface area contributed by atoms with E-state index in [1.165, 1.54) is 5.56 Å². The molecule has 2 aromatic rings. The third-order valence-corrected chi connectivity index (χ3v) is 3.00. The van der Waals surface area contributed by atoms with Gasteiger partial charge in [0.1, 0.15) is 5.75 Å². The van der Waals surface area contributed by atoms with Gasteiger partial charge in [-0.2, -0.15) is 5.10 Å². The predicted molar refractivity (Wildman–Crippen MR) is 91.1 cm³/mol. The summed E-state index contributed by atoms with van der Waals surface area (Å²) in [6.07, 6.45) is 1.70. The summed E-state index contributed by atoms with van der Waals surface area (Å²) in [6.45, 7) is 2.04. The average molecular weight is 299 g/mol. The summed E-state index contributed by atoms with van der Waals surface area (Å²) in [6, 6.07) is 15.6. The highest BCUT2D eigenvalue weighted by Crippen LogP contribution is 2.10. The number of hydrogen-bond donors (Lipinski definition) is 2. The number of thiocarbonyl (C=S) groups is 1. The number of nitrogens with one attached hydrogen (secondary N) is 2. The smallest absolute Gasteiger partial charge is 0.191 e. The normalized spacial score (nSPS) is 10.4. The highest BCUT2D eigenvalue weighted by Gasteiger charge is 1.95. The first-order valence-corrected chi connectivity index (χ1v) is 6.89. The van der Waals surface area contributed by atoms with E-state index < -0.39 is 0 Å². The molecule has 0 saturated carbocycles. The second-order valence-corrected chi connectivity index (χ2v) is 4.87. The minimum Gasteiger partial charge on any atom is -0.497 e. The van der Waals surface area contributed by atoms with Gasteiger partial charge in [0.15, 0.2) is 5.11 Å². The number of rotatable bonds is 4. The van der Waals surface area contributed by atoms with Gasteiger partial charge in [0.05, 0.1) is 13.3 Å². The van der Waals surface area contributed by atoms with Gasteiger partial charge in [0.25, 0.3) is 0 Å². The topological polar surface area (TPSA) is 45.6 Å². The molecule has 0 radical (unpaired) electrons. The Labute approximate surface area is 129 Å². The molecular formula is C16H17N3OS. The fourth-order valence-electron chi connectivity index (χ4n) is 1.65. The van der Waals surface area contributed by atoms with Crippen molar-refractivity contribution in [3.8, 4) is 5.75 Å². The van der Waals surface area contributed by atoms with Crippen LogP contribution in [0.2, 0.25) is 0 Å². The summed E-state index contributed by atoms with van der Waals surface area (Å²) in [5, 5.41) is 7.60. The van der Waals surface area contributed by atoms with Crippen LogP contribution in [0.25, 0.3) is 0 Å². The lowest BCUT2D eigenvalue weighted by molar-refractivity contribution is 0.415. The monoisotopic (exact) mass is 299 g/mol. The second kappa shape index (κ2) is 7.40. The van der Waals surface area contributed by atoms with Crippen molar-refractivity contribution in [3.05, 3.63) is 59.7 Å². The first kappa shape index (κ1) is 15.0. The van der Waals surface area contributed by atoms with E-state index in [-0.39, 0.29) is 0 Å². The average Bonchev–Trinajstić information content (AvgIpc) is 2.50. The molecule has 21 heavy (non-hydrogen) atoms. The van der Waals surface area contributed by atoms with Gasteiger partial charge >= 0.3 is 0 Å². The van der Waals surface area contributed by atoms with Crippen LogP contribution in [0.3, 0.4) is 0 Å². The van der Waals surface area contributed by atoms with E-state index in [1.54, 1.807) is 13.3 Å². The SMILES string of the molecule is COc1ccc(/C=N\NC(=S)Nc2ccc(C)cc2)cc1. The molecule has 0 fully saturated rings. The summed E-state index contributed by atoms with van der Waals surface area (Å²) in [5.41, 5.74) is 5.88. The van der Waals surface area contributed by atoms with Gasteiger partial charge in [-0.3, -0.25) is 5.43 Å². The van der Waals surface area contributed by atoms with E-state index in [0.717, 1.165) is 17.0 Å². The Kier molecular flexibility index (Phi) is 5.29. The molecule has 108 valence electrons. The van der Waals surface area contributed by atoms with Crippen molar-refractivity contribution >= 4 is 29.2 Å². The zero-order valence-corrected chi connectivity index (χ0v) is 12.8. The molecular weight excluding hydrogens is 282 g/mol. The second-order valence-electron chi connectivity index (χ2n) is 4.46. The molecule has 0 aromatic heterocycles. The van der Waals surface area contributed by atoms with Crippen LogP contribution >= 0.6 is 12.2 Å². The van der Waals surface area contributed by atoms with Gasteiger partial charge in [-0.25, -0.2) is 0 Å². The Morgan fingerprint density at radius 2 is 1.76 bits per heavy atom. The van der Waals surface area contributed by atoms with Crippen LogP contribution in [0.15, 0.2) is 53.6 Å². The summed E-state index contributed by atoms with van der Waals surface area (Å²) in [4.78, 5) is 0. The zero-order valence-electron chi connectivity index (χ0n) is 12.0. The van der Waals surface area contributed by atoms with Crippen LogP contribution in [0.4, 0.5) is 5.69 Å². The number of nitrogens with zero attached hydrogens (tertiary/aromatic N) is 1. The fraction of sp³-hybridized carbons (Fsp3) is 0.125. The molecule has 0 unspecified atom stereocenters. The molecule has 0 amide bonds. The quantitative estimate of drug-likeness (QED) is 0.516. The number of aryl methyl sites for hydroxylation is 1. The standard InChI is InChI=1S/C16H17N3OS/c1-12-3-7-14(8-4-12)18-16(21)19-17-11-13-5-9-15(20-2)10-6-13/h3-11H,1-2H3,(H2,18,19,21)/b17-11-. The van der Waals surface area contributed by atoms with E-state index in [4.69, 9.17) is 17.0 Å². The largest absolute Gasteiger partial charge is 0.497 e. The Hall–Kier alpha value is -2.40. The number of hydrogen-bond acceptors (Lipinski definition) is 3. The molecule has 5 heteroatoms. The van der Waals surface area contributed by atoms with Crippen molar-refractivity contribution in [1.29, 1.82) is 0 Å². The number of anilines is 1. The summed E-state index contributed by atoms with van der Waals surface area (Å²) >= 11 is 5.17. The Bertz CT molecular complexity index is 621. The van der Waals surface area contributed by atoms with Gasteiger partial charge in [-0.05, 0) is 61.1 Å². The van der Waals surface area contributed by atoms with Crippen LogP contribution in [-0.2, 0) is 0 Å². The summed E-state index contributed by atoms with van der Waals surface area (Å²) in [5.74, 6) is 0.816. The first-order valence-electron chi connectivity index (χ1n) is 6.48. The predicted octanol–water partition coefficient (Wildman–Crippen LogP) is 3.32. The van der Waals surface area contributed by atoms with Gasteiger partial charge < -0.3 is 10.1 Å². The number of benzene rings is 2. The van der Waals surface area contributed by atoms with E-state index in [9.17, 15) is 0 Å². The summed E-state index contributed by atoms with van der Waals surface area (Å²) in [7, 11) is 1.64. The van der Waals surface area contributed by atoms with Crippen molar-refractivity contribution in [1.82, 2.24) is 5.43 Å². The Morgan fingerprint density at radius 3 is 2.38 bits per heavy atom. The maximum atomic E-state index is 5.17. The Morgan fingerprint density at radius 1 is 1.10 bits per heavy atom. The van der Waals surface area contributed by atoms with Gasteiger partial charge in [-0.1, -0.05) is 17.7 Å². The van der Waals surface area contributed by atoms with Crippen LogP contribution in [0.5, 0.6) is 5.75 Å². The van der Waals surface area contributed by atoms with E-state index in [1.807, 2.05) is 55.5 Å². The number of hydrazone groups is 1. The maximum absolute atomic E-state index is 5.17. The molecule has 0 aliphatic rings. The lowest BCUT2D eigenvalue weighted by atomic mass is 10.2. The molecule has 2 rings (SSSR count). The minimum atomic E-state index is 0.448. The van der Waals surface area contributed by atoms with Crippen molar-refractivity contribution in [2.75, 3.05) is 12.4 Å². The van der Waals surface area contributed by atoms with Crippen molar-refractivity contribution < 1.29 is 4.74 Å². The van der Waals surface area contributed by atoms with E-state index >= 15 is 0 Å². The maximum Gasteiger partial charge on any atom is 0.191 e. The Balaban J connectivity index is 1.85. The molecule has 4 nitrogen and oxygen atoms in total. The summed E-state index contributed by atoms with van der Waals surface area (Å²) < 4.78 is 5.10. The first-order chi connectivity index (χ1) is 10.2. The van der Waals surface area contributed by atoms with Crippen LogP contribution in [0, 0.1) is 6.92 Å². The van der Waals surface area contributed by atoms with Crippen LogP contribution in [0.1, 0.15) is 11.1 Å². The highest BCUT2D eigenvalue weighted by atomic mass is 32.1. The molecule has 2 N–H and O–H groups in total. The fourth-order valence-corrected chi connectivity index (χ4v) is 1.82. The van der Waals surface area contributed by atoms with Crippen molar-refractivity contribution in [3.63, 3.8) is 0 Å². The van der Waals surface area contributed by atoms with Gasteiger partial charge in [-0.15, -0.1) is 0 Å². The third kappa shape index (κ3) is 4.89. The van der Waals surface area contributed by atoms with Crippen molar-refractivity contribution in [2.45, 2.75) is 6.92 Å². The van der Waals surface area contributed by atoms with Crippen molar-refractivity contribution in [2.24, 2.45) is 5.10 Å². The zero-order chi connectivity index (χ0) is 15.1. The highest BCUT2D eigenvalue weighted by molar-refractivity contribution is 7.80. The molecule has 0 aliphatic heterocycles. The molecule has 0 spiro atoms. The van der Waals surface area contributed by atoms with Crippen LogP contribution < -0.4 is 15.5 Å². The molecule has 0 atom stereocenters. The van der Waals surface area contributed by atoms with E-state index in [2.05, 4.69) is 15.8 Å².